The summed E-state index contributed by atoms with van der Waals surface area (Å²) in [6, 6.07) is 5.74. The van der Waals surface area contributed by atoms with E-state index in [9.17, 15) is 9.90 Å². The Morgan fingerprint density at radius 3 is 3.00 bits per heavy atom. The molecule has 2 unspecified atom stereocenters. The van der Waals surface area contributed by atoms with Gasteiger partial charge in [0.1, 0.15) is 6.04 Å². The third-order valence-corrected chi connectivity index (χ3v) is 3.88. The van der Waals surface area contributed by atoms with Gasteiger partial charge in [-0.2, -0.15) is 0 Å². The Morgan fingerprint density at radius 1 is 1.44 bits per heavy atom. The standard InChI is InChI=1S/C12H12ClNO2/c13-9-3-1-2-7-6-8-4-5-10(12(15)16)14(8)11(7)9/h1-3,8,10H,4-6H2,(H,15,16). The van der Waals surface area contributed by atoms with Gasteiger partial charge in [-0.05, 0) is 30.9 Å². The molecule has 0 bridgehead atoms. The minimum atomic E-state index is -0.740. The van der Waals surface area contributed by atoms with E-state index in [0.717, 1.165) is 24.9 Å². The fraction of sp³-hybridized carbons (Fsp3) is 0.417. The van der Waals surface area contributed by atoms with Crippen molar-refractivity contribution in [2.75, 3.05) is 4.90 Å². The number of para-hydroxylation sites is 1. The molecule has 2 aliphatic rings. The Morgan fingerprint density at radius 2 is 2.25 bits per heavy atom. The molecule has 0 aromatic heterocycles. The lowest BCUT2D eigenvalue weighted by atomic mass is 10.1. The summed E-state index contributed by atoms with van der Waals surface area (Å²) < 4.78 is 0. The first-order valence-corrected chi connectivity index (χ1v) is 5.85. The number of carbonyl (C=O) groups is 1. The fourth-order valence-corrected chi connectivity index (χ4v) is 3.22. The monoisotopic (exact) mass is 237 g/mol. The van der Waals surface area contributed by atoms with Crippen molar-refractivity contribution in [3.05, 3.63) is 28.8 Å². The summed E-state index contributed by atoms with van der Waals surface area (Å²) in [6.45, 7) is 0. The highest BCUT2D eigenvalue weighted by molar-refractivity contribution is 6.33. The number of carboxylic acid groups (broad SMARTS) is 1. The second-order valence-electron chi connectivity index (χ2n) is 4.44. The number of rotatable bonds is 1. The van der Waals surface area contributed by atoms with Crippen LogP contribution in [-0.4, -0.2) is 23.2 Å². The number of hydrogen-bond acceptors (Lipinski definition) is 2. The predicted octanol–water partition coefficient (Wildman–Crippen LogP) is 2.32. The molecule has 3 nitrogen and oxygen atoms in total. The maximum atomic E-state index is 11.2. The highest BCUT2D eigenvalue weighted by Gasteiger charge is 2.43. The summed E-state index contributed by atoms with van der Waals surface area (Å²) in [6.07, 6.45) is 2.60. The van der Waals surface area contributed by atoms with Crippen LogP contribution in [0.5, 0.6) is 0 Å². The molecular weight excluding hydrogens is 226 g/mol. The van der Waals surface area contributed by atoms with Crippen LogP contribution >= 0.6 is 11.6 Å². The lowest BCUT2D eigenvalue weighted by Crippen LogP contribution is -2.38. The average molecular weight is 238 g/mol. The van der Waals surface area contributed by atoms with E-state index in [2.05, 4.69) is 0 Å². The summed E-state index contributed by atoms with van der Waals surface area (Å²) in [7, 11) is 0. The summed E-state index contributed by atoms with van der Waals surface area (Å²) in [4.78, 5) is 13.2. The van der Waals surface area contributed by atoms with E-state index < -0.39 is 12.0 Å². The minimum Gasteiger partial charge on any atom is -0.480 e. The van der Waals surface area contributed by atoms with Crippen molar-refractivity contribution in [2.45, 2.75) is 31.3 Å². The van der Waals surface area contributed by atoms with Crippen LogP contribution < -0.4 is 4.90 Å². The Hall–Kier alpha value is -1.22. The molecule has 0 amide bonds. The van der Waals surface area contributed by atoms with Crippen molar-refractivity contribution in [2.24, 2.45) is 0 Å². The van der Waals surface area contributed by atoms with Crippen LogP contribution in [0, 0.1) is 0 Å². The molecule has 16 heavy (non-hydrogen) atoms. The van der Waals surface area contributed by atoms with Crippen molar-refractivity contribution in [3.8, 4) is 0 Å². The van der Waals surface area contributed by atoms with Gasteiger partial charge >= 0.3 is 5.97 Å². The Kier molecular flexibility index (Phi) is 2.11. The Bertz CT molecular complexity index is 460. The number of hydrogen-bond donors (Lipinski definition) is 1. The van der Waals surface area contributed by atoms with Gasteiger partial charge in [0.25, 0.3) is 0 Å². The molecular formula is C12H12ClNO2. The molecule has 0 spiro atoms. The minimum absolute atomic E-state index is 0.330. The van der Waals surface area contributed by atoms with Gasteiger partial charge in [0.05, 0.1) is 10.7 Å². The number of halogens is 1. The first-order chi connectivity index (χ1) is 7.68. The van der Waals surface area contributed by atoms with Gasteiger partial charge in [0.2, 0.25) is 0 Å². The van der Waals surface area contributed by atoms with Crippen LogP contribution in [0.2, 0.25) is 5.02 Å². The van der Waals surface area contributed by atoms with E-state index >= 15 is 0 Å². The van der Waals surface area contributed by atoms with Gasteiger partial charge in [0.15, 0.2) is 0 Å². The molecule has 0 radical (unpaired) electrons. The number of fused-ring (bicyclic) bond motifs is 3. The molecule has 3 rings (SSSR count). The molecule has 4 heteroatoms. The van der Waals surface area contributed by atoms with Crippen molar-refractivity contribution >= 4 is 23.3 Å². The molecule has 1 saturated heterocycles. The van der Waals surface area contributed by atoms with E-state index in [1.807, 2.05) is 23.1 Å². The second kappa shape index (κ2) is 3.39. The zero-order chi connectivity index (χ0) is 11.3. The molecule has 2 heterocycles. The summed E-state index contributed by atoms with van der Waals surface area (Å²) in [5.41, 5.74) is 2.13. The fourth-order valence-electron chi connectivity index (χ4n) is 2.93. The van der Waals surface area contributed by atoms with Crippen LogP contribution in [0.15, 0.2) is 18.2 Å². The van der Waals surface area contributed by atoms with Gasteiger partial charge in [-0.25, -0.2) is 4.79 Å². The first-order valence-electron chi connectivity index (χ1n) is 5.47. The smallest absolute Gasteiger partial charge is 0.326 e. The quantitative estimate of drug-likeness (QED) is 0.815. The van der Waals surface area contributed by atoms with Gasteiger partial charge in [0, 0.05) is 6.04 Å². The number of nitrogens with zero attached hydrogens (tertiary/aromatic N) is 1. The summed E-state index contributed by atoms with van der Waals surface area (Å²) >= 11 is 6.17. The van der Waals surface area contributed by atoms with Crippen LogP contribution in [0.25, 0.3) is 0 Å². The zero-order valence-electron chi connectivity index (χ0n) is 8.69. The number of benzene rings is 1. The van der Waals surface area contributed by atoms with E-state index in [4.69, 9.17) is 11.6 Å². The summed E-state index contributed by atoms with van der Waals surface area (Å²) in [5.74, 6) is -0.740. The Balaban J connectivity index is 2.09. The molecule has 1 N–H and O–H groups in total. The lowest BCUT2D eigenvalue weighted by molar-refractivity contribution is -0.138. The molecule has 1 fully saturated rings. The molecule has 2 atom stereocenters. The maximum Gasteiger partial charge on any atom is 0.326 e. The van der Waals surface area contributed by atoms with E-state index in [1.165, 1.54) is 5.56 Å². The zero-order valence-corrected chi connectivity index (χ0v) is 9.44. The average Bonchev–Trinajstić information content (AvgIpc) is 2.74. The van der Waals surface area contributed by atoms with Crippen molar-refractivity contribution in [1.82, 2.24) is 0 Å². The summed E-state index contributed by atoms with van der Waals surface area (Å²) in [5, 5.41) is 9.87. The largest absolute Gasteiger partial charge is 0.480 e. The van der Waals surface area contributed by atoms with Crippen molar-refractivity contribution in [1.29, 1.82) is 0 Å². The number of aliphatic carboxylic acids is 1. The molecule has 0 saturated carbocycles. The van der Waals surface area contributed by atoms with Crippen LogP contribution in [0.1, 0.15) is 18.4 Å². The van der Waals surface area contributed by atoms with E-state index in [1.54, 1.807) is 0 Å². The first kappa shape index (κ1) is 9.97. The molecule has 84 valence electrons. The van der Waals surface area contributed by atoms with E-state index in [0.29, 0.717) is 11.1 Å². The predicted molar refractivity (Wildman–Crippen MR) is 62.1 cm³/mol. The van der Waals surface area contributed by atoms with Gasteiger partial charge in [-0.3, -0.25) is 0 Å². The number of anilines is 1. The van der Waals surface area contributed by atoms with Crippen LogP contribution in [0.3, 0.4) is 0 Å². The number of carboxylic acids is 1. The van der Waals surface area contributed by atoms with Gasteiger partial charge in [-0.1, -0.05) is 23.7 Å². The molecule has 1 aromatic rings. The van der Waals surface area contributed by atoms with Gasteiger partial charge in [-0.15, -0.1) is 0 Å². The third kappa shape index (κ3) is 1.24. The third-order valence-electron chi connectivity index (χ3n) is 3.57. The van der Waals surface area contributed by atoms with Crippen molar-refractivity contribution in [3.63, 3.8) is 0 Å². The topological polar surface area (TPSA) is 40.5 Å². The molecule has 1 aromatic carbocycles. The maximum absolute atomic E-state index is 11.2. The van der Waals surface area contributed by atoms with Crippen LogP contribution in [-0.2, 0) is 11.2 Å². The Labute approximate surface area is 98.6 Å². The van der Waals surface area contributed by atoms with E-state index in [-0.39, 0.29) is 0 Å². The second-order valence-corrected chi connectivity index (χ2v) is 4.85. The highest BCUT2D eigenvalue weighted by Crippen LogP contribution is 2.44. The highest BCUT2D eigenvalue weighted by atomic mass is 35.5. The van der Waals surface area contributed by atoms with Crippen molar-refractivity contribution < 1.29 is 9.90 Å². The molecule has 0 aliphatic carbocycles. The lowest BCUT2D eigenvalue weighted by Gasteiger charge is -2.25. The molecule has 2 aliphatic heterocycles. The van der Waals surface area contributed by atoms with Crippen LogP contribution in [0.4, 0.5) is 5.69 Å². The normalized spacial score (nSPS) is 26.7. The van der Waals surface area contributed by atoms with Gasteiger partial charge < -0.3 is 10.0 Å². The SMILES string of the molecule is O=C(O)C1CCC2Cc3cccc(Cl)c3N21.